The number of fused-ring (bicyclic) bond motifs is 5. The minimum atomic E-state index is -0.328. The molecule has 4 heteroatoms. The van der Waals surface area contributed by atoms with Crippen molar-refractivity contribution in [2.45, 2.75) is 38.9 Å². The molecule has 1 aromatic heterocycles. The first kappa shape index (κ1) is 20.0. The van der Waals surface area contributed by atoms with Gasteiger partial charge in [0, 0.05) is 20.2 Å². The van der Waals surface area contributed by atoms with Crippen LogP contribution in [0.4, 0.5) is 0 Å². The van der Waals surface area contributed by atoms with Crippen molar-refractivity contribution in [1.82, 2.24) is 0 Å². The summed E-state index contributed by atoms with van der Waals surface area (Å²) in [5.74, 6) is 0. The van der Waals surface area contributed by atoms with Crippen LogP contribution < -0.4 is 5.46 Å². The Morgan fingerprint density at radius 1 is 0.656 bits per heavy atom. The summed E-state index contributed by atoms with van der Waals surface area (Å²) in [6.07, 6.45) is 0. The van der Waals surface area contributed by atoms with Gasteiger partial charge in [0.05, 0.1) is 11.2 Å². The van der Waals surface area contributed by atoms with Crippen LogP contribution in [-0.2, 0) is 9.31 Å². The van der Waals surface area contributed by atoms with Crippen LogP contribution in [0.1, 0.15) is 27.7 Å². The van der Waals surface area contributed by atoms with E-state index in [1.807, 2.05) is 11.3 Å². The lowest BCUT2D eigenvalue weighted by molar-refractivity contribution is 0.00578. The second-order valence-corrected chi connectivity index (χ2v) is 10.7. The standard InChI is InChI=1S/C28H25BO2S/c1-27(2)28(3,4)31-29(30-27)21-13-9-18(10-14-21)20-12-16-25-24(17-20)23-15-11-19-7-5-6-8-22(19)26(23)32-25/h5-17H,1-4H3. The predicted octanol–water partition coefficient (Wildman–Crippen LogP) is 7.17. The van der Waals surface area contributed by atoms with Crippen molar-refractivity contribution in [3.8, 4) is 11.1 Å². The molecular formula is C28H25BO2S. The normalized spacial score (nSPS) is 17.6. The van der Waals surface area contributed by atoms with Gasteiger partial charge in [-0.2, -0.15) is 0 Å². The highest BCUT2D eigenvalue weighted by Crippen LogP contribution is 2.40. The summed E-state index contributed by atoms with van der Waals surface area (Å²) in [6, 6.07) is 28.5. The van der Waals surface area contributed by atoms with E-state index in [0.29, 0.717) is 0 Å². The van der Waals surface area contributed by atoms with Gasteiger partial charge in [0.1, 0.15) is 0 Å². The Bertz CT molecular complexity index is 1460. The van der Waals surface area contributed by atoms with E-state index in [1.54, 1.807) is 0 Å². The molecule has 0 spiro atoms. The van der Waals surface area contributed by atoms with Crippen LogP contribution in [-0.4, -0.2) is 18.3 Å². The lowest BCUT2D eigenvalue weighted by Crippen LogP contribution is -2.41. The van der Waals surface area contributed by atoms with Gasteiger partial charge in [0.2, 0.25) is 0 Å². The van der Waals surface area contributed by atoms with Crippen molar-refractivity contribution in [1.29, 1.82) is 0 Å². The van der Waals surface area contributed by atoms with Gasteiger partial charge in [-0.05, 0) is 67.2 Å². The van der Waals surface area contributed by atoms with Crippen LogP contribution in [0.25, 0.3) is 42.1 Å². The second-order valence-electron chi connectivity index (χ2n) is 9.69. The fourth-order valence-corrected chi connectivity index (χ4v) is 5.71. The highest BCUT2D eigenvalue weighted by atomic mass is 32.1. The van der Waals surface area contributed by atoms with E-state index >= 15 is 0 Å². The number of hydrogen-bond acceptors (Lipinski definition) is 3. The topological polar surface area (TPSA) is 18.5 Å². The summed E-state index contributed by atoms with van der Waals surface area (Å²) in [5, 5.41) is 5.28. The van der Waals surface area contributed by atoms with E-state index in [9.17, 15) is 0 Å². The van der Waals surface area contributed by atoms with Crippen LogP contribution in [0.5, 0.6) is 0 Å². The summed E-state index contributed by atoms with van der Waals surface area (Å²) in [6.45, 7) is 8.35. The molecule has 0 bridgehead atoms. The average Bonchev–Trinajstić information content (AvgIpc) is 3.27. The zero-order chi connectivity index (χ0) is 22.1. The molecule has 1 aliphatic heterocycles. The van der Waals surface area contributed by atoms with E-state index in [1.165, 1.54) is 42.1 Å². The Morgan fingerprint density at radius 3 is 2.09 bits per heavy atom. The van der Waals surface area contributed by atoms with E-state index < -0.39 is 0 Å². The van der Waals surface area contributed by atoms with Crippen LogP contribution in [0, 0.1) is 0 Å². The maximum atomic E-state index is 6.21. The largest absolute Gasteiger partial charge is 0.494 e. The van der Waals surface area contributed by atoms with Crippen molar-refractivity contribution < 1.29 is 9.31 Å². The molecule has 2 nitrogen and oxygen atoms in total. The average molecular weight is 436 g/mol. The summed E-state index contributed by atoms with van der Waals surface area (Å²) < 4.78 is 15.1. The summed E-state index contributed by atoms with van der Waals surface area (Å²) in [4.78, 5) is 0. The number of thiophene rings is 1. The molecule has 0 saturated carbocycles. The first-order valence-corrected chi connectivity index (χ1v) is 11.9. The lowest BCUT2D eigenvalue weighted by atomic mass is 9.78. The molecule has 6 rings (SSSR count). The maximum absolute atomic E-state index is 6.21. The molecule has 32 heavy (non-hydrogen) atoms. The third kappa shape index (κ3) is 3.01. The molecule has 1 aliphatic rings. The smallest absolute Gasteiger partial charge is 0.399 e. The SMILES string of the molecule is CC1(C)OB(c2ccc(-c3ccc4sc5c6ccccc6ccc5c4c3)cc2)OC1(C)C. The van der Waals surface area contributed by atoms with Crippen molar-refractivity contribution >= 4 is 54.9 Å². The summed E-state index contributed by atoms with van der Waals surface area (Å²) in [5.41, 5.74) is 2.83. The Morgan fingerprint density at radius 2 is 1.34 bits per heavy atom. The van der Waals surface area contributed by atoms with Crippen molar-refractivity contribution in [3.63, 3.8) is 0 Å². The molecule has 0 unspecified atom stereocenters. The molecule has 0 aliphatic carbocycles. The highest BCUT2D eigenvalue weighted by Gasteiger charge is 2.51. The molecule has 0 atom stereocenters. The zero-order valence-corrected chi connectivity index (χ0v) is 19.6. The van der Waals surface area contributed by atoms with Crippen LogP contribution in [0.15, 0.2) is 78.9 Å². The number of benzene rings is 4. The predicted molar refractivity (Wildman–Crippen MR) is 138 cm³/mol. The van der Waals surface area contributed by atoms with Gasteiger partial charge in [-0.25, -0.2) is 0 Å². The van der Waals surface area contributed by atoms with Gasteiger partial charge in [0.25, 0.3) is 0 Å². The molecule has 0 amide bonds. The molecule has 0 radical (unpaired) electrons. The van der Waals surface area contributed by atoms with Gasteiger partial charge in [-0.1, -0.05) is 66.7 Å². The Kier molecular flexibility index (Phi) is 4.32. The molecule has 1 saturated heterocycles. The second kappa shape index (κ2) is 6.92. The molecule has 4 aromatic carbocycles. The van der Waals surface area contributed by atoms with Crippen LogP contribution >= 0.6 is 11.3 Å². The Balaban J connectivity index is 1.38. The van der Waals surface area contributed by atoms with E-state index in [-0.39, 0.29) is 18.3 Å². The Hall–Kier alpha value is -2.66. The van der Waals surface area contributed by atoms with Crippen LogP contribution in [0.2, 0.25) is 0 Å². The van der Waals surface area contributed by atoms with Crippen molar-refractivity contribution in [3.05, 3.63) is 78.9 Å². The van der Waals surface area contributed by atoms with Crippen LogP contribution in [0.3, 0.4) is 0 Å². The summed E-state index contributed by atoms with van der Waals surface area (Å²) in [7, 11) is -0.328. The van der Waals surface area contributed by atoms with Crippen molar-refractivity contribution in [2.24, 2.45) is 0 Å². The first-order chi connectivity index (χ1) is 15.3. The first-order valence-electron chi connectivity index (χ1n) is 11.1. The molecule has 158 valence electrons. The minimum absolute atomic E-state index is 0.328. The zero-order valence-electron chi connectivity index (χ0n) is 18.8. The minimum Gasteiger partial charge on any atom is -0.399 e. The number of rotatable bonds is 2. The lowest BCUT2D eigenvalue weighted by Gasteiger charge is -2.32. The molecule has 5 aromatic rings. The fraction of sp³-hybridized carbons (Fsp3) is 0.214. The molecule has 2 heterocycles. The highest BCUT2D eigenvalue weighted by molar-refractivity contribution is 7.26. The Labute approximate surface area is 192 Å². The summed E-state index contributed by atoms with van der Waals surface area (Å²) >= 11 is 1.88. The fourth-order valence-electron chi connectivity index (χ4n) is 4.50. The van der Waals surface area contributed by atoms with Gasteiger partial charge in [0.15, 0.2) is 0 Å². The molecular weight excluding hydrogens is 411 g/mol. The van der Waals surface area contributed by atoms with E-state index in [0.717, 1.165) is 5.46 Å². The molecule has 0 N–H and O–H groups in total. The molecule has 1 fully saturated rings. The van der Waals surface area contributed by atoms with Gasteiger partial charge in [-0.3, -0.25) is 0 Å². The quantitative estimate of drug-likeness (QED) is 0.273. The van der Waals surface area contributed by atoms with E-state index in [2.05, 4.69) is 107 Å². The monoisotopic (exact) mass is 436 g/mol. The maximum Gasteiger partial charge on any atom is 0.494 e. The van der Waals surface area contributed by atoms with Gasteiger partial charge >= 0.3 is 7.12 Å². The van der Waals surface area contributed by atoms with Crippen molar-refractivity contribution in [2.75, 3.05) is 0 Å². The van der Waals surface area contributed by atoms with E-state index in [4.69, 9.17) is 9.31 Å². The van der Waals surface area contributed by atoms with Gasteiger partial charge in [-0.15, -0.1) is 11.3 Å². The van der Waals surface area contributed by atoms with Gasteiger partial charge < -0.3 is 9.31 Å². The number of hydrogen-bond donors (Lipinski definition) is 0. The third-order valence-electron chi connectivity index (χ3n) is 7.13. The third-order valence-corrected chi connectivity index (χ3v) is 8.35.